The van der Waals surface area contributed by atoms with E-state index in [1.165, 1.54) is 5.56 Å². The van der Waals surface area contributed by atoms with E-state index in [0.29, 0.717) is 12.0 Å². The zero-order valence-corrected chi connectivity index (χ0v) is 19.1. The number of unbranched alkanes of at least 4 members (excludes halogenated alkanes) is 1. The van der Waals surface area contributed by atoms with Crippen LogP contribution in [0.5, 0.6) is 0 Å². The van der Waals surface area contributed by atoms with Gasteiger partial charge in [-0.15, -0.1) is 11.3 Å². The van der Waals surface area contributed by atoms with Crippen LogP contribution >= 0.6 is 11.3 Å². The predicted octanol–water partition coefficient (Wildman–Crippen LogP) is 6.27. The Morgan fingerprint density at radius 2 is 2.06 bits per heavy atom. The number of nitrogens with zero attached hydrogens (tertiary/aromatic N) is 3. The highest BCUT2D eigenvalue weighted by Crippen LogP contribution is 2.39. The third-order valence-corrected chi connectivity index (χ3v) is 6.79. The molecule has 32 heavy (non-hydrogen) atoms. The zero-order chi connectivity index (χ0) is 22.7. The number of carbonyl (C=O) groups is 1. The van der Waals surface area contributed by atoms with E-state index in [9.17, 15) is 10.1 Å². The van der Waals surface area contributed by atoms with E-state index in [2.05, 4.69) is 43.5 Å². The van der Waals surface area contributed by atoms with Gasteiger partial charge in [-0.3, -0.25) is 4.79 Å². The van der Waals surface area contributed by atoms with Crippen LogP contribution in [0.4, 0.5) is 0 Å². The quantitative estimate of drug-likeness (QED) is 0.326. The number of aliphatic carboxylic acids is 1. The number of thiophene rings is 1. The summed E-state index contributed by atoms with van der Waals surface area (Å²) >= 11 is 1.67. The molecule has 0 saturated heterocycles. The first-order chi connectivity index (χ1) is 15.5. The lowest BCUT2D eigenvalue weighted by Gasteiger charge is -2.18. The number of fused-ring (bicyclic) bond motifs is 1. The maximum absolute atomic E-state index is 11.0. The molecule has 0 aliphatic heterocycles. The largest absolute Gasteiger partial charge is 0.481 e. The van der Waals surface area contributed by atoms with Gasteiger partial charge in [0.15, 0.2) is 0 Å². The summed E-state index contributed by atoms with van der Waals surface area (Å²) in [5.41, 5.74) is 8.07. The summed E-state index contributed by atoms with van der Waals surface area (Å²) < 4.78 is 2.03. The number of aromatic nitrogens is 2. The van der Waals surface area contributed by atoms with Crippen LogP contribution in [0.2, 0.25) is 0 Å². The third-order valence-electron chi connectivity index (χ3n) is 5.76. The Hall–Kier alpha value is -3.43. The lowest BCUT2D eigenvalue weighted by molar-refractivity contribution is -0.137. The number of rotatable bonds is 8. The average molecular weight is 444 g/mol. The predicted molar refractivity (Wildman–Crippen MR) is 128 cm³/mol. The molecule has 0 bridgehead atoms. The Bertz CT molecular complexity index is 1330. The van der Waals surface area contributed by atoms with Gasteiger partial charge in [-0.25, -0.2) is 4.52 Å². The SMILES string of the molecule is CCc1ccc2c(-c3cccc(C#N)c3)c(CCCCC(=O)O)c(-c3sccc3C)nn12. The minimum atomic E-state index is -0.769. The molecule has 4 aromatic rings. The molecule has 6 heteroatoms. The Balaban J connectivity index is 1.99. The molecular formula is C26H25N3O2S. The molecule has 3 heterocycles. The van der Waals surface area contributed by atoms with Crippen LogP contribution in [-0.2, 0) is 17.6 Å². The van der Waals surface area contributed by atoms with Crippen LogP contribution < -0.4 is 0 Å². The van der Waals surface area contributed by atoms with Gasteiger partial charge >= 0.3 is 5.97 Å². The Morgan fingerprint density at radius 3 is 2.75 bits per heavy atom. The molecule has 0 saturated carbocycles. The van der Waals surface area contributed by atoms with Gasteiger partial charge < -0.3 is 5.11 Å². The van der Waals surface area contributed by atoms with Crippen molar-refractivity contribution in [2.45, 2.75) is 46.0 Å². The van der Waals surface area contributed by atoms with Crippen molar-refractivity contribution in [1.29, 1.82) is 5.26 Å². The summed E-state index contributed by atoms with van der Waals surface area (Å²) in [6.07, 6.45) is 3.12. The first kappa shape index (κ1) is 21.8. The first-order valence-corrected chi connectivity index (χ1v) is 11.7. The molecular weight excluding hydrogens is 418 g/mol. The van der Waals surface area contributed by atoms with Crippen LogP contribution in [0.3, 0.4) is 0 Å². The monoisotopic (exact) mass is 443 g/mol. The van der Waals surface area contributed by atoms with Crippen LogP contribution in [0.1, 0.15) is 48.6 Å². The van der Waals surface area contributed by atoms with Gasteiger partial charge in [0.1, 0.15) is 5.69 Å². The summed E-state index contributed by atoms with van der Waals surface area (Å²) in [6, 6.07) is 16.3. The lowest BCUT2D eigenvalue weighted by Crippen LogP contribution is -2.06. The van der Waals surface area contributed by atoms with E-state index in [1.807, 2.05) is 28.8 Å². The van der Waals surface area contributed by atoms with Gasteiger partial charge in [-0.2, -0.15) is 10.4 Å². The van der Waals surface area contributed by atoms with E-state index in [1.54, 1.807) is 11.3 Å². The highest BCUT2D eigenvalue weighted by Gasteiger charge is 2.21. The summed E-state index contributed by atoms with van der Waals surface area (Å²) in [6.45, 7) is 4.22. The average Bonchev–Trinajstić information content (AvgIpc) is 3.41. The minimum absolute atomic E-state index is 0.160. The Kier molecular flexibility index (Phi) is 6.38. The van der Waals surface area contributed by atoms with Crippen LogP contribution in [0, 0.1) is 18.3 Å². The van der Waals surface area contributed by atoms with Gasteiger partial charge in [-0.05, 0) is 85.0 Å². The van der Waals surface area contributed by atoms with Crippen molar-refractivity contribution >= 4 is 22.8 Å². The fourth-order valence-electron chi connectivity index (χ4n) is 4.16. The number of carboxylic acid groups (broad SMARTS) is 1. The Morgan fingerprint density at radius 1 is 1.22 bits per heavy atom. The van der Waals surface area contributed by atoms with Crippen molar-refractivity contribution in [3.63, 3.8) is 0 Å². The molecule has 0 spiro atoms. The zero-order valence-electron chi connectivity index (χ0n) is 18.3. The summed E-state index contributed by atoms with van der Waals surface area (Å²) in [4.78, 5) is 12.2. The molecule has 4 rings (SSSR count). The molecule has 1 aromatic carbocycles. The molecule has 5 nitrogen and oxygen atoms in total. The van der Waals surface area contributed by atoms with Gasteiger partial charge in [-0.1, -0.05) is 19.1 Å². The molecule has 0 atom stereocenters. The number of aryl methyl sites for hydroxylation is 2. The maximum Gasteiger partial charge on any atom is 0.303 e. The van der Waals surface area contributed by atoms with Crippen molar-refractivity contribution in [3.8, 4) is 27.8 Å². The Labute approximate surface area is 191 Å². The molecule has 162 valence electrons. The smallest absolute Gasteiger partial charge is 0.303 e. The standard InChI is InChI=1S/C26H25N3O2S/c1-3-20-11-12-22-24(19-8-6-7-18(15-19)16-27)21(9-4-5-10-23(30)31)25(28-29(20)22)26-17(2)13-14-32-26/h6-8,11-15H,3-5,9-10H2,1-2H3,(H,30,31). The van der Waals surface area contributed by atoms with Gasteiger partial charge in [0, 0.05) is 17.7 Å². The van der Waals surface area contributed by atoms with E-state index in [4.69, 9.17) is 10.2 Å². The van der Waals surface area contributed by atoms with Crippen molar-refractivity contribution in [2.75, 3.05) is 0 Å². The first-order valence-electron chi connectivity index (χ1n) is 10.8. The van der Waals surface area contributed by atoms with E-state index >= 15 is 0 Å². The maximum atomic E-state index is 11.0. The number of hydrogen-bond donors (Lipinski definition) is 1. The molecule has 1 N–H and O–H groups in total. The number of hydrogen-bond acceptors (Lipinski definition) is 4. The van der Waals surface area contributed by atoms with Gasteiger partial charge in [0.25, 0.3) is 0 Å². The summed E-state index contributed by atoms with van der Waals surface area (Å²) in [5, 5.41) is 25.7. The topological polar surface area (TPSA) is 78.4 Å². The molecule has 0 aliphatic carbocycles. The van der Waals surface area contributed by atoms with Gasteiger partial charge in [0.2, 0.25) is 0 Å². The molecule has 0 amide bonds. The van der Waals surface area contributed by atoms with Gasteiger partial charge in [0.05, 0.1) is 22.0 Å². The molecule has 0 aliphatic rings. The fourth-order valence-corrected chi connectivity index (χ4v) is 5.10. The third kappa shape index (κ3) is 4.17. The summed E-state index contributed by atoms with van der Waals surface area (Å²) in [7, 11) is 0. The van der Waals surface area contributed by atoms with E-state index in [0.717, 1.165) is 57.7 Å². The van der Waals surface area contributed by atoms with Crippen LogP contribution in [0.25, 0.3) is 27.2 Å². The van der Waals surface area contributed by atoms with Crippen molar-refractivity contribution < 1.29 is 9.90 Å². The van der Waals surface area contributed by atoms with E-state index < -0.39 is 5.97 Å². The normalized spacial score (nSPS) is 11.0. The highest BCUT2D eigenvalue weighted by atomic mass is 32.1. The second-order valence-electron chi connectivity index (χ2n) is 7.90. The van der Waals surface area contributed by atoms with Crippen LogP contribution in [-0.4, -0.2) is 20.7 Å². The molecule has 0 fully saturated rings. The van der Waals surface area contributed by atoms with Crippen molar-refractivity contribution in [3.05, 3.63) is 70.2 Å². The number of nitriles is 1. The molecule has 3 aromatic heterocycles. The highest BCUT2D eigenvalue weighted by molar-refractivity contribution is 7.13. The fraction of sp³-hybridized carbons (Fsp3) is 0.269. The number of benzene rings is 1. The molecule has 0 radical (unpaired) electrons. The van der Waals surface area contributed by atoms with Crippen molar-refractivity contribution in [2.24, 2.45) is 0 Å². The van der Waals surface area contributed by atoms with E-state index in [-0.39, 0.29) is 6.42 Å². The summed E-state index contributed by atoms with van der Waals surface area (Å²) in [5.74, 6) is -0.769. The van der Waals surface area contributed by atoms with Crippen LogP contribution in [0.15, 0.2) is 47.8 Å². The van der Waals surface area contributed by atoms with Crippen molar-refractivity contribution in [1.82, 2.24) is 9.61 Å². The lowest BCUT2D eigenvalue weighted by atomic mass is 9.92. The minimum Gasteiger partial charge on any atom is -0.481 e. The molecule has 0 unspecified atom stereocenters. The second kappa shape index (κ2) is 9.37. The second-order valence-corrected chi connectivity index (χ2v) is 8.82. The number of carboxylic acids is 1.